The molecule has 8 heteroatoms. The molecule has 0 bridgehead atoms. The molecule has 0 aliphatic heterocycles. The maximum atomic E-state index is 11.4. The largest absolute Gasteiger partial charge is 0.516 e. The molecular formula is C12H24N4O4. The Morgan fingerprint density at radius 3 is 2.60 bits per heavy atom. The van der Waals surface area contributed by atoms with Crippen molar-refractivity contribution in [3.8, 4) is 0 Å². The fourth-order valence-corrected chi connectivity index (χ4v) is 1.36. The second-order valence-electron chi connectivity index (χ2n) is 4.32. The Morgan fingerprint density at radius 1 is 1.30 bits per heavy atom. The Labute approximate surface area is 118 Å². The SMILES string of the molecule is CCCCCOC(=O)OC(=O)[C@@H](N)CCCNC(=N)N. The first-order valence-corrected chi connectivity index (χ1v) is 6.69. The number of nitrogens with two attached hydrogens (primary N) is 2. The summed E-state index contributed by atoms with van der Waals surface area (Å²) in [7, 11) is 0. The zero-order chi connectivity index (χ0) is 15.4. The van der Waals surface area contributed by atoms with Crippen molar-refractivity contribution in [3.05, 3.63) is 0 Å². The van der Waals surface area contributed by atoms with Crippen molar-refractivity contribution in [3.63, 3.8) is 0 Å². The summed E-state index contributed by atoms with van der Waals surface area (Å²) in [6.07, 6.45) is 2.54. The lowest BCUT2D eigenvalue weighted by Crippen LogP contribution is -2.36. The van der Waals surface area contributed by atoms with Crippen molar-refractivity contribution < 1.29 is 19.1 Å². The topological polar surface area (TPSA) is 141 Å². The zero-order valence-corrected chi connectivity index (χ0v) is 11.8. The minimum atomic E-state index is -1.01. The van der Waals surface area contributed by atoms with Crippen molar-refractivity contribution in [2.75, 3.05) is 13.2 Å². The smallest absolute Gasteiger partial charge is 0.434 e. The Hall–Kier alpha value is -1.83. The van der Waals surface area contributed by atoms with E-state index in [1.54, 1.807) is 0 Å². The molecule has 116 valence electrons. The van der Waals surface area contributed by atoms with Gasteiger partial charge in [-0.2, -0.15) is 0 Å². The van der Waals surface area contributed by atoms with Crippen LogP contribution in [0.4, 0.5) is 4.79 Å². The highest BCUT2D eigenvalue weighted by molar-refractivity contribution is 5.85. The van der Waals surface area contributed by atoms with E-state index in [4.69, 9.17) is 21.6 Å². The van der Waals surface area contributed by atoms with E-state index in [1.165, 1.54) is 0 Å². The van der Waals surface area contributed by atoms with Gasteiger partial charge in [-0.15, -0.1) is 0 Å². The second-order valence-corrected chi connectivity index (χ2v) is 4.32. The Morgan fingerprint density at radius 2 is 2.00 bits per heavy atom. The molecule has 0 aliphatic carbocycles. The number of nitrogens with one attached hydrogen (secondary N) is 2. The van der Waals surface area contributed by atoms with Gasteiger partial charge in [0, 0.05) is 6.54 Å². The molecule has 8 nitrogen and oxygen atoms in total. The van der Waals surface area contributed by atoms with Crippen LogP contribution in [0, 0.1) is 5.41 Å². The van der Waals surface area contributed by atoms with E-state index in [1.807, 2.05) is 6.92 Å². The fourth-order valence-electron chi connectivity index (χ4n) is 1.36. The molecule has 0 aromatic rings. The van der Waals surface area contributed by atoms with Crippen molar-refractivity contribution in [1.82, 2.24) is 5.32 Å². The standard InChI is InChI=1S/C12H24N4O4/c1-2-3-4-8-19-12(18)20-10(17)9(13)6-5-7-16-11(14)15/h9H,2-8,13H2,1H3,(H4,14,15,16)/t9-/m0/s1. The zero-order valence-electron chi connectivity index (χ0n) is 11.8. The predicted molar refractivity (Wildman–Crippen MR) is 74.1 cm³/mol. The van der Waals surface area contributed by atoms with Gasteiger partial charge >= 0.3 is 12.1 Å². The van der Waals surface area contributed by atoms with Crippen LogP contribution in [0.15, 0.2) is 0 Å². The van der Waals surface area contributed by atoms with Gasteiger partial charge in [0.2, 0.25) is 0 Å². The third kappa shape index (κ3) is 10.1. The van der Waals surface area contributed by atoms with Crippen LogP contribution >= 0.6 is 0 Å². The van der Waals surface area contributed by atoms with Gasteiger partial charge in [0.1, 0.15) is 6.04 Å². The molecule has 0 fully saturated rings. The fraction of sp³-hybridized carbons (Fsp3) is 0.750. The summed E-state index contributed by atoms with van der Waals surface area (Å²) >= 11 is 0. The summed E-state index contributed by atoms with van der Waals surface area (Å²) in [6.45, 7) is 2.69. The average molecular weight is 288 g/mol. The van der Waals surface area contributed by atoms with Crippen LogP contribution in [0.2, 0.25) is 0 Å². The first-order valence-electron chi connectivity index (χ1n) is 6.69. The molecule has 1 atom stereocenters. The number of unbranched alkanes of at least 4 members (excludes halogenated alkanes) is 2. The molecule has 0 unspecified atom stereocenters. The number of esters is 1. The highest BCUT2D eigenvalue weighted by Gasteiger charge is 2.19. The highest BCUT2D eigenvalue weighted by Crippen LogP contribution is 2.00. The molecule has 20 heavy (non-hydrogen) atoms. The normalized spacial score (nSPS) is 11.5. The van der Waals surface area contributed by atoms with Crippen LogP contribution < -0.4 is 16.8 Å². The van der Waals surface area contributed by atoms with Crippen LogP contribution in [-0.2, 0) is 14.3 Å². The first kappa shape index (κ1) is 18.2. The van der Waals surface area contributed by atoms with Gasteiger partial charge < -0.3 is 26.3 Å². The van der Waals surface area contributed by atoms with Crippen molar-refractivity contribution in [2.24, 2.45) is 11.5 Å². The summed E-state index contributed by atoms with van der Waals surface area (Å²) in [5, 5.41) is 9.52. The Balaban J connectivity index is 3.72. The Bertz CT molecular complexity index is 323. The molecular weight excluding hydrogens is 264 g/mol. The van der Waals surface area contributed by atoms with Gasteiger partial charge in [-0.3, -0.25) is 5.41 Å². The summed E-state index contributed by atoms with van der Waals surface area (Å²) in [5.41, 5.74) is 10.7. The van der Waals surface area contributed by atoms with Crippen LogP contribution in [0.5, 0.6) is 0 Å². The molecule has 0 aromatic carbocycles. The van der Waals surface area contributed by atoms with Gasteiger partial charge in [0.05, 0.1) is 6.61 Å². The monoisotopic (exact) mass is 288 g/mol. The Kier molecular flexibility index (Phi) is 10.0. The number of rotatable bonds is 9. The van der Waals surface area contributed by atoms with Crippen LogP contribution in [0.1, 0.15) is 39.0 Å². The molecule has 0 rings (SSSR count). The molecule has 0 saturated heterocycles. The number of hydrogen-bond acceptors (Lipinski definition) is 6. The van der Waals surface area contributed by atoms with Crippen molar-refractivity contribution in [1.29, 1.82) is 5.41 Å². The summed E-state index contributed by atoms with van der Waals surface area (Å²) in [6, 6.07) is -0.896. The number of carbonyl (C=O) groups excluding carboxylic acids is 2. The molecule has 0 radical (unpaired) electrons. The van der Waals surface area contributed by atoms with E-state index in [2.05, 4.69) is 10.1 Å². The molecule has 0 aliphatic rings. The van der Waals surface area contributed by atoms with Gasteiger partial charge in [0.15, 0.2) is 5.96 Å². The van der Waals surface area contributed by atoms with Crippen LogP contribution in [-0.4, -0.2) is 37.3 Å². The van der Waals surface area contributed by atoms with Crippen LogP contribution in [0.25, 0.3) is 0 Å². The van der Waals surface area contributed by atoms with Gasteiger partial charge in [-0.1, -0.05) is 19.8 Å². The van der Waals surface area contributed by atoms with Gasteiger partial charge in [0.25, 0.3) is 0 Å². The second kappa shape index (κ2) is 11.0. The first-order chi connectivity index (χ1) is 9.47. The van der Waals surface area contributed by atoms with E-state index in [0.717, 1.165) is 19.3 Å². The third-order valence-electron chi connectivity index (χ3n) is 2.46. The number of ether oxygens (including phenoxy) is 2. The van der Waals surface area contributed by atoms with Crippen molar-refractivity contribution >= 4 is 18.1 Å². The lowest BCUT2D eigenvalue weighted by molar-refractivity contribution is -0.141. The molecule has 0 spiro atoms. The lowest BCUT2D eigenvalue weighted by Gasteiger charge is -2.10. The number of hydrogen-bond donors (Lipinski definition) is 4. The maximum Gasteiger partial charge on any atom is 0.516 e. The minimum Gasteiger partial charge on any atom is -0.434 e. The van der Waals surface area contributed by atoms with E-state index in [0.29, 0.717) is 19.4 Å². The van der Waals surface area contributed by atoms with Gasteiger partial charge in [-0.05, 0) is 19.3 Å². The summed E-state index contributed by atoms with van der Waals surface area (Å²) in [5.74, 6) is -0.954. The van der Waals surface area contributed by atoms with E-state index >= 15 is 0 Å². The van der Waals surface area contributed by atoms with Crippen molar-refractivity contribution in [2.45, 2.75) is 45.1 Å². The molecule has 6 N–H and O–H groups in total. The predicted octanol–water partition coefficient (Wildman–Crippen LogP) is 0.447. The van der Waals surface area contributed by atoms with Crippen LogP contribution in [0.3, 0.4) is 0 Å². The molecule has 0 aromatic heterocycles. The molecule has 0 heterocycles. The van der Waals surface area contributed by atoms with Gasteiger partial charge in [-0.25, -0.2) is 9.59 Å². The minimum absolute atomic E-state index is 0.142. The average Bonchev–Trinajstić information content (AvgIpc) is 2.39. The van der Waals surface area contributed by atoms with E-state index in [9.17, 15) is 9.59 Å². The third-order valence-corrected chi connectivity index (χ3v) is 2.46. The molecule has 0 saturated carbocycles. The summed E-state index contributed by atoms with van der Waals surface area (Å²) in [4.78, 5) is 22.6. The lowest BCUT2D eigenvalue weighted by atomic mass is 10.2. The number of carbonyl (C=O) groups is 2. The van der Waals surface area contributed by atoms with E-state index < -0.39 is 18.2 Å². The number of guanidine groups is 1. The highest BCUT2D eigenvalue weighted by atomic mass is 16.7. The quantitative estimate of drug-likeness (QED) is 0.159. The molecule has 0 amide bonds. The van der Waals surface area contributed by atoms with E-state index in [-0.39, 0.29) is 12.6 Å². The maximum absolute atomic E-state index is 11.4. The summed E-state index contributed by atoms with van der Waals surface area (Å²) < 4.78 is 9.19.